The molecule has 1 aliphatic rings. The maximum Gasteiger partial charge on any atom is 0.321 e. The summed E-state index contributed by atoms with van der Waals surface area (Å²) < 4.78 is 26.8. The molecule has 10 heteroatoms. The average molecular weight is 431 g/mol. The predicted octanol–water partition coefficient (Wildman–Crippen LogP) is 1.66. The van der Waals surface area contributed by atoms with Crippen LogP contribution in [-0.2, 0) is 14.8 Å². The molecule has 0 radical (unpaired) electrons. The van der Waals surface area contributed by atoms with E-state index in [0.717, 1.165) is 0 Å². The highest BCUT2D eigenvalue weighted by molar-refractivity contribution is 7.89. The van der Waals surface area contributed by atoms with Gasteiger partial charge in [0.25, 0.3) is 0 Å². The monoisotopic (exact) mass is 430 g/mol. The van der Waals surface area contributed by atoms with Crippen molar-refractivity contribution in [1.29, 1.82) is 0 Å². The second-order valence-electron chi connectivity index (χ2n) is 7.70. The molecular formula is C18H27ClN4O4S. The van der Waals surface area contributed by atoms with Gasteiger partial charge in [-0.3, -0.25) is 10.1 Å². The van der Waals surface area contributed by atoms with Gasteiger partial charge >= 0.3 is 6.03 Å². The number of carbonyl (C=O) groups is 2. The first-order chi connectivity index (χ1) is 13.0. The lowest BCUT2D eigenvalue weighted by molar-refractivity contribution is -0.120. The largest absolute Gasteiger partial charge is 0.333 e. The Morgan fingerprint density at radius 3 is 2.18 bits per heavy atom. The van der Waals surface area contributed by atoms with Crippen LogP contribution >= 0.6 is 11.6 Å². The summed E-state index contributed by atoms with van der Waals surface area (Å²) in [6.07, 6.45) is 0.168. The molecule has 1 aromatic carbocycles. The van der Waals surface area contributed by atoms with E-state index in [1.165, 1.54) is 16.4 Å². The van der Waals surface area contributed by atoms with Gasteiger partial charge in [0.15, 0.2) is 0 Å². The zero-order valence-electron chi connectivity index (χ0n) is 16.4. The number of nitrogens with one attached hydrogen (secondary N) is 2. The van der Waals surface area contributed by atoms with Crippen molar-refractivity contribution < 1.29 is 18.0 Å². The van der Waals surface area contributed by atoms with Gasteiger partial charge in [0, 0.05) is 49.7 Å². The van der Waals surface area contributed by atoms with Crippen molar-refractivity contribution >= 4 is 33.6 Å². The Morgan fingerprint density at radius 1 is 1.07 bits per heavy atom. The van der Waals surface area contributed by atoms with Crippen molar-refractivity contribution in [2.45, 2.75) is 37.6 Å². The van der Waals surface area contributed by atoms with E-state index in [4.69, 9.17) is 11.6 Å². The summed E-state index contributed by atoms with van der Waals surface area (Å²) in [5.74, 6) is -0.363. The molecule has 2 rings (SSSR count). The fourth-order valence-electron chi connectivity index (χ4n) is 2.77. The summed E-state index contributed by atoms with van der Waals surface area (Å²) in [4.78, 5) is 25.8. The summed E-state index contributed by atoms with van der Waals surface area (Å²) in [6, 6.07) is 5.59. The highest BCUT2D eigenvalue weighted by Gasteiger charge is 2.28. The lowest BCUT2D eigenvalue weighted by Gasteiger charge is -2.33. The number of nitrogens with zero attached hydrogens (tertiary/aromatic N) is 2. The molecule has 0 bridgehead atoms. The number of amides is 3. The number of halogens is 1. The van der Waals surface area contributed by atoms with Gasteiger partial charge in [-0.2, -0.15) is 4.31 Å². The fraction of sp³-hybridized carbons (Fsp3) is 0.556. The first-order valence-electron chi connectivity index (χ1n) is 9.07. The number of carbonyl (C=O) groups excluding carboxylic acids is 2. The van der Waals surface area contributed by atoms with E-state index in [9.17, 15) is 18.0 Å². The van der Waals surface area contributed by atoms with Gasteiger partial charge in [0.2, 0.25) is 15.9 Å². The Balaban J connectivity index is 1.78. The van der Waals surface area contributed by atoms with Gasteiger partial charge in [-0.05, 0) is 45.0 Å². The fourth-order valence-corrected chi connectivity index (χ4v) is 4.32. The second-order valence-corrected chi connectivity index (χ2v) is 10.1. The van der Waals surface area contributed by atoms with Crippen LogP contribution in [0.2, 0.25) is 5.02 Å². The van der Waals surface area contributed by atoms with Crippen LogP contribution in [0, 0.1) is 0 Å². The molecule has 28 heavy (non-hydrogen) atoms. The van der Waals surface area contributed by atoms with Crippen LogP contribution in [0.1, 0.15) is 27.2 Å². The van der Waals surface area contributed by atoms with Crippen molar-refractivity contribution in [3.63, 3.8) is 0 Å². The van der Waals surface area contributed by atoms with E-state index in [0.29, 0.717) is 37.7 Å². The Kier molecular flexibility index (Phi) is 7.44. The van der Waals surface area contributed by atoms with Crippen molar-refractivity contribution in [2.75, 3.05) is 32.7 Å². The van der Waals surface area contributed by atoms with Crippen molar-refractivity contribution in [3.8, 4) is 0 Å². The number of urea groups is 1. The first kappa shape index (κ1) is 22.6. The summed E-state index contributed by atoms with van der Waals surface area (Å²) in [5, 5.41) is 5.45. The number of piperazine rings is 1. The number of hydrogen-bond donors (Lipinski definition) is 2. The number of hydrogen-bond acceptors (Lipinski definition) is 5. The number of sulfonamides is 1. The molecule has 1 heterocycles. The maximum absolute atomic E-state index is 12.7. The molecule has 156 valence electrons. The summed E-state index contributed by atoms with van der Waals surface area (Å²) >= 11 is 5.82. The molecule has 0 unspecified atom stereocenters. The van der Waals surface area contributed by atoms with Crippen molar-refractivity contribution in [1.82, 2.24) is 19.8 Å². The van der Waals surface area contributed by atoms with Crippen LogP contribution in [0.3, 0.4) is 0 Å². The summed E-state index contributed by atoms with van der Waals surface area (Å²) in [7, 11) is -3.55. The van der Waals surface area contributed by atoms with E-state index < -0.39 is 21.6 Å². The van der Waals surface area contributed by atoms with Crippen molar-refractivity contribution in [3.05, 3.63) is 29.3 Å². The highest BCUT2D eigenvalue weighted by Crippen LogP contribution is 2.19. The summed E-state index contributed by atoms with van der Waals surface area (Å²) in [6.45, 7) is 7.68. The zero-order valence-corrected chi connectivity index (χ0v) is 17.9. The first-order valence-corrected chi connectivity index (χ1v) is 10.9. The number of imide groups is 1. The van der Waals surface area contributed by atoms with E-state index in [2.05, 4.69) is 10.6 Å². The molecule has 0 atom stereocenters. The normalized spacial score (nSPS) is 16.6. The Morgan fingerprint density at radius 2 is 1.64 bits per heavy atom. The Labute approximate surface area is 171 Å². The van der Waals surface area contributed by atoms with Crippen LogP contribution in [0.25, 0.3) is 0 Å². The van der Waals surface area contributed by atoms with Gasteiger partial charge in [0.05, 0.1) is 4.90 Å². The molecule has 3 amide bonds. The van der Waals surface area contributed by atoms with E-state index in [1.54, 1.807) is 12.1 Å². The van der Waals surface area contributed by atoms with Gasteiger partial charge < -0.3 is 10.2 Å². The van der Waals surface area contributed by atoms with E-state index in [1.807, 2.05) is 25.7 Å². The van der Waals surface area contributed by atoms with Crippen LogP contribution in [-0.4, -0.2) is 67.8 Å². The molecule has 1 saturated heterocycles. The van der Waals surface area contributed by atoms with Crippen LogP contribution < -0.4 is 10.6 Å². The van der Waals surface area contributed by atoms with E-state index in [-0.39, 0.29) is 17.2 Å². The maximum atomic E-state index is 12.7. The van der Waals surface area contributed by atoms with Gasteiger partial charge in [-0.15, -0.1) is 0 Å². The molecular weight excluding hydrogens is 404 g/mol. The topological polar surface area (TPSA) is 98.8 Å². The standard InChI is InChI=1S/C18H27ClN4O4S/c1-18(2,3)21-17(25)20-16(24)8-9-22-10-12-23(13-11-22)28(26,27)15-6-4-14(19)5-7-15/h4-7H,8-13H2,1-3H3,(H2,20,21,24,25). The lowest BCUT2D eigenvalue weighted by atomic mass is 10.1. The van der Waals surface area contributed by atoms with Gasteiger partial charge in [-0.25, -0.2) is 13.2 Å². The molecule has 0 aromatic heterocycles. The molecule has 1 aromatic rings. The van der Waals surface area contributed by atoms with Crippen LogP contribution in [0.4, 0.5) is 4.79 Å². The molecule has 1 fully saturated rings. The highest BCUT2D eigenvalue weighted by atomic mass is 35.5. The molecule has 0 saturated carbocycles. The molecule has 1 aliphatic heterocycles. The third-order valence-electron chi connectivity index (χ3n) is 4.18. The molecule has 0 aliphatic carbocycles. The van der Waals surface area contributed by atoms with Gasteiger partial charge in [-0.1, -0.05) is 11.6 Å². The lowest BCUT2D eigenvalue weighted by Crippen LogP contribution is -2.50. The Hall–Kier alpha value is -1.68. The average Bonchev–Trinajstić information content (AvgIpc) is 2.59. The number of benzene rings is 1. The minimum atomic E-state index is -3.55. The minimum Gasteiger partial charge on any atom is -0.333 e. The number of rotatable bonds is 5. The van der Waals surface area contributed by atoms with Gasteiger partial charge in [0.1, 0.15) is 0 Å². The zero-order chi connectivity index (χ0) is 20.9. The SMILES string of the molecule is CC(C)(C)NC(=O)NC(=O)CCN1CCN(S(=O)(=O)c2ccc(Cl)cc2)CC1. The van der Waals surface area contributed by atoms with Crippen molar-refractivity contribution in [2.24, 2.45) is 0 Å². The van der Waals surface area contributed by atoms with Crippen LogP contribution in [0.15, 0.2) is 29.2 Å². The summed E-state index contributed by atoms with van der Waals surface area (Å²) in [5.41, 5.74) is -0.420. The quantitative estimate of drug-likeness (QED) is 0.740. The third-order valence-corrected chi connectivity index (χ3v) is 6.34. The second kappa shape index (κ2) is 9.21. The minimum absolute atomic E-state index is 0.168. The molecule has 2 N–H and O–H groups in total. The smallest absolute Gasteiger partial charge is 0.321 e. The Bertz CT molecular complexity index is 798. The third kappa shape index (κ3) is 6.73. The predicted molar refractivity (Wildman–Crippen MR) is 108 cm³/mol. The molecule has 0 spiro atoms. The van der Waals surface area contributed by atoms with E-state index >= 15 is 0 Å². The molecule has 8 nitrogen and oxygen atoms in total. The van der Waals surface area contributed by atoms with Crippen LogP contribution in [0.5, 0.6) is 0 Å².